The van der Waals surface area contributed by atoms with Gasteiger partial charge in [-0.1, -0.05) is 12.0 Å². The third-order valence-electron chi connectivity index (χ3n) is 9.47. The van der Waals surface area contributed by atoms with Crippen molar-refractivity contribution in [3.05, 3.63) is 64.2 Å². The number of amides is 1. The first-order chi connectivity index (χ1) is 22.8. The summed E-state index contributed by atoms with van der Waals surface area (Å²) in [5.74, 6) is -0.191. The van der Waals surface area contributed by atoms with Crippen LogP contribution >= 0.6 is 0 Å². The Bertz CT molecular complexity index is 1600. The molecule has 49 heavy (non-hydrogen) atoms. The predicted octanol–water partition coefficient (Wildman–Crippen LogP) is 7.68. The minimum absolute atomic E-state index is 0.0201. The van der Waals surface area contributed by atoms with Crippen LogP contribution in [-0.2, 0) is 36.9 Å². The van der Waals surface area contributed by atoms with E-state index in [1.54, 1.807) is 0 Å². The van der Waals surface area contributed by atoms with E-state index in [1.165, 1.54) is 18.0 Å². The van der Waals surface area contributed by atoms with Crippen molar-refractivity contribution in [2.45, 2.75) is 89.0 Å². The summed E-state index contributed by atoms with van der Waals surface area (Å²) in [5, 5.41) is 11.9. The zero-order valence-electron chi connectivity index (χ0n) is 26.7. The zero-order chi connectivity index (χ0) is 35.9. The first-order valence-corrected chi connectivity index (χ1v) is 15.9. The molecule has 1 aromatic heterocycles. The van der Waals surface area contributed by atoms with Crippen molar-refractivity contribution >= 4 is 17.5 Å². The normalized spacial score (nSPS) is 21.8. The Kier molecular flexibility index (Phi) is 10.1. The van der Waals surface area contributed by atoms with Crippen LogP contribution in [0.25, 0.3) is 0 Å². The van der Waals surface area contributed by atoms with E-state index in [2.05, 4.69) is 20.3 Å². The zero-order valence-corrected chi connectivity index (χ0v) is 26.7. The Labute approximate surface area is 276 Å². The van der Waals surface area contributed by atoms with Crippen LogP contribution in [0.3, 0.4) is 0 Å². The van der Waals surface area contributed by atoms with Crippen molar-refractivity contribution < 1.29 is 44.3 Å². The molecular formula is C32H36F9N7O. The van der Waals surface area contributed by atoms with Crippen molar-refractivity contribution in [3.63, 3.8) is 0 Å². The molecule has 17 heteroatoms. The number of fused-ring (bicyclic) bond motifs is 1. The van der Waals surface area contributed by atoms with Crippen molar-refractivity contribution in [1.82, 2.24) is 20.2 Å². The van der Waals surface area contributed by atoms with Crippen molar-refractivity contribution in [1.29, 1.82) is 0 Å². The average molecular weight is 706 g/mol. The van der Waals surface area contributed by atoms with Gasteiger partial charge in [0.25, 0.3) is 5.95 Å². The highest BCUT2D eigenvalue weighted by molar-refractivity contribution is 5.74. The second-order valence-corrected chi connectivity index (χ2v) is 12.9. The van der Waals surface area contributed by atoms with Gasteiger partial charge >= 0.3 is 18.5 Å². The van der Waals surface area contributed by atoms with E-state index in [-0.39, 0.29) is 53.3 Å². The van der Waals surface area contributed by atoms with Gasteiger partial charge in [0.15, 0.2) is 0 Å². The largest absolute Gasteiger partial charge is 0.416 e. The standard InChI is InChI=1S/C32H36F9N7O/c1-3-24-15-27(48(29-43-45-46(2)44-29)17-20-10-22(31(36,37)38)13-23(11-20)32(39,40)41)25-14-21(30(33,34)35)8-9-26(25)47(24)16-19-6-4-18(5-7-19)12-28(42)49/h8-11,13-14,18-19,24,27H,3-7,12,15-17H2,1-2H3,(H2,42,49)/t18?,19?,24-,27+/m1/s1. The number of alkyl halides is 9. The molecule has 0 unspecified atom stereocenters. The number of benzene rings is 2. The fourth-order valence-corrected chi connectivity index (χ4v) is 7.10. The lowest BCUT2D eigenvalue weighted by Gasteiger charge is -2.47. The van der Waals surface area contributed by atoms with Crippen LogP contribution in [0, 0.1) is 11.8 Å². The van der Waals surface area contributed by atoms with Crippen molar-refractivity contribution in [2.75, 3.05) is 16.3 Å². The molecule has 2 aliphatic rings. The summed E-state index contributed by atoms with van der Waals surface area (Å²) >= 11 is 0. The highest BCUT2D eigenvalue weighted by Crippen LogP contribution is 2.47. The smallest absolute Gasteiger partial charge is 0.370 e. The Balaban J connectivity index is 1.58. The molecule has 0 bridgehead atoms. The summed E-state index contributed by atoms with van der Waals surface area (Å²) in [6.07, 6.45) is -10.8. The molecule has 8 nitrogen and oxygen atoms in total. The lowest BCUT2D eigenvalue weighted by atomic mass is 9.79. The maximum atomic E-state index is 14.1. The average Bonchev–Trinajstić information content (AvgIpc) is 3.45. The second-order valence-electron chi connectivity index (χ2n) is 12.9. The van der Waals surface area contributed by atoms with Crippen LogP contribution < -0.4 is 15.5 Å². The number of halogens is 9. The molecule has 1 amide bonds. The molecule has 1 saturated carbocycles. The molecule has 268 valence electrons. The van der Waals surface area contributed by atoms with Gasteiger partial charge < -0.3 is 15.5 Å². The number of carbonyl (C=O) groups excluding carboxylic acids is 1. The van der Waals surface area contributed by atoms with Gasteiger partial charge in [0, 0.05) is 31.2 Å². The highest BCUT2D eigenvalue weighted by atomic mass is 19.4. The molecule has 0 radical (unpaired) electrons. The number of anilines is 2. The Morgan fingerprint density at radius 1 is 0.878 bits per heavy atom. The number of hydrogen-bond donors (Lipinski definition) is 1. The number of aromatic nitrogens is 4. The molecule has 1 fully saturated rings. The van der Waals surface area contributed by atoms with Gasteiger partial charge in [0.05, 0.1) is 29.8 Å². The van der Waals surface area contributed by atoms with Gasteiger partial charge in [0.2, 0.25) is 5.91 Å². The Morgan fingerprint density at radius 2 is 1.47 bits per heavy atom. The molecule has 0 saturated heterocycles. The van der Waals surface area contributed by atoms with Gasteiger partial charge in [-0.05, 0) is 103 Å². The maximum Gasteiger partial charge on any atom is 0.416 e. The summed E-state index contributed by atoms with van der Waals surface area (Å²) in [6.45, 7) is 1.83. The minimum Gasteiger partial charge on any atom is -0.370 e. The molecule has 3 aromatic rings. The lowest BCUT2D eigenvalue weighted by Crippen LogP contribution is -2.47. The van der Waals surface area contributed by atoms with Crippen LogP contribution in [0.15, 0.2) is 36.4 Å². The monoisotopic (exact) mass is 705 g/mol. The SMILES string of the molecule is CC[C@@H]1C[C@H](N(Cc2cc(C(F)(F)F)cc(C(F)(F)F)c2)c2nnn(C)n2)c2cc(C(F)(F)F)ccc2N1CC1CCC(CC(N)=O)CC1. The van der Waals surface area contributed by atoms with Crippen molar-refractivity contribution in [2.24, 2.45) is 24.6 Å². The fraction of sp³-hybridized carbons (Fsp3) is 0.562. The van der Waals surface area contributed by atoms with Gasteiger partial charge in [-0.25, -0.2) is 0 Å². The predicted molar refractivity (Wildman–Crippen MR) is 161 cm³/mol. The number of primary amides is 1. The third-order valence-corrected chi connectivity index (χ3v) is 9.47. The highest BCUT2D eigenvalue weighted by Gasteiger charge is 2.42. The number of rotatable bonds is 9. The molecule has 2 N–H and O–H groups in total. The summed E-state index contributed by atoms with van der Waals surface area (Å²) < 4.78 is 125. The lowest BCUT2D eigenvalue weighted by molar-refractivity contribution is -0.143. The van der Waals surface area contributed by atoms with Crippen LogP contribution in [0.4, 0.5) is 51.1 Å². The first kappa shape index (κ1) is 36.2. The molecule has 5 rings (SSSR count). The summed E-state index contributed by atoms with van der Waals surface area (Å²) in [4.78, 5) is 15.9. The summed E-state index contributed by atoms with van der Waals surface area (Å²) in [7, 11) is 1.41. The van der Waals surface area contributed by atoms with Gasteiger partial charge in [-0.3, -0.25) is 4.79 Å². The summed E-state index contributed by atoms with van der Waals surface area (Å²) in [5.41, 5.74) is 1.67. The minimum atomic E-state index is -5.10. The summed E-state index contributed by atoms with van der Waals surface area (Å²) in [6, 6.07) is 3.30. The Hall–Kier alpha value is -4.05. The molecule has 0 spiro atoms. The number of hydrogen-bond acceptors (Lipinski definition) is 6. The van der Waals surface area contributed by atoms with Crippen LogP contribution in [0.5, 0.6) is 0 Å². The molecule has 1 aliphatic heterocycles. The van der Waals surface area contributed by atoms with Gasteiger partial charge in [0.1, 0.15) is 0 Å². The first-order valence-electron chi connectivity index (χ1n) is 15.9. The van der Waals surface area contributed by atoms with Gasteiger partial charge in [-0.2, -0.15) is 44.3 Å². The fourth-order valence-electron chi connectivity index (χ4n) is 7.10. The number of tetrazole rings is 1. The van der Waals surface area contributed by atoms with E-state index in [0.717, 1.165) is 42.6 Å². The van der Waals surface area contributed by atoms with Gasteiger partial charge in [-0.15, -0.1) is 5.10 Å². The maximum absolute atomic E-state index is 14.1. The topological polar surface area (TPSA) is 93.2 Å². The number of nitrogens with two attached hydrogens (primary N) is 1. The van der Waals surface area contributed by atoms with E-state index < -0.39 is 47.8 Å². The molecule has 2 aromatic carbocycles. The van der Waals surface area contributed by atoms with Crippen LogP contribution in [-0.4, -0.2) is 38.7 Å². The molecule has 1 aliphatic carbocycles. The molecule has 2 atom stereocenters. The molecular weight excluding hydrogens is 669 g/mol. The van der Waals surface area contributed by atoms with Crippen LogP contribution in [0.1, 0.15) is 85.7 Å². The van der Waals surface area contributed by atoms with E-state index in [1.807, 2.05) is 6.92 Å². The Morgan fingerprint density at radius 3 is 1.98 bits per heavy atom. The number of carbonyl (C=O) groups is 1. The second kappa shape index (κ2) is 13.7. The number of aryl methyl sites for hydroxylation is 1. The van der Waals surface area contributed by atoms with E-state index in [4.69, 9.17) is 5.73 Å². The quantitative estimate of drug-likeness (QED) is 0.230. The third kappa shape index (κ3) is 8.40. The van der Waals surface area contributed by atoms with E-state index in [9.17, 15) is 44.3 Å². The van der Waals surface area contributed by atoms with E-state index in [0.29, 0.717) is 37.2 Å². The van der Waals surface area contributed by atoms with E-state index >= 15 is 0 Å². The molecule has 2 heterocycles. The van der Waals surface area contributed by atoms with Crippen LogP contribution in [0.2, 0.25) is 0 Å². The number of nitrogens with zero attached hydrogens (tertiary/aromatic N) is 6. The van der Waals surface area contributed by atoms with Crippen molar-refractivity contribution in [3.8, 4) is 0 Å².